The van der Waals surface area contributed by atoms with E-state index >= 15 is 0 Å². The summed E-state index contributed by atoms with van der Waals surface area (Å²) in [6.07, 6.45) is -3.74. The lowest BCUT2D eigenvalue weighted by molar-refractivity contribution is -0.276. The van der Waals surface area contributed by atoms with Crippen LogP contribution in [0.25, 0.3) is 0 Å². The number of nitrogens with zero attached hydrogens (tertiary/aromatic N) is 2. The molecule has 1 aromatic rings. The van der Waals surface area contributed by atoms with Crippen LogP contribution in [0.5, 0.6) is 5.88 Å². The van der Waals surface area contributed by atoms with E-state index < -0.39 is 12.2 Å². The van der Waals surface area contributed by atoms with Crippen LogP contribution in [0.4, 0.5) is 13.2 Å². The van der Waals surface area contributed by atoms with Crippen LogP contribution >= 0.6 is 11.6 Å². The van der Waals surface area contributed by atoms with E-state index in [0.29, 0.717) is 5.56 Å². The molecule has 0 aromatic carbocycles. The van der Waals surface area contributed by atoms with Gasteiger partial charge in [-0.3, -0.25) is 0 Å². The third-order valence-electron chi connectivity index (χ3n) is 1.45. The van der Waals surface area contributed by atoms with Gasteiger partial charge in [0, 0.05) is 17.8 Å². The second-order valence-corrected chi connectivity index (χ2v) is 2.74. The molecule has 0 fully saturated rings. The molecular formula is C8H4ClF3N2O. The summed E-state index contributed by atoms with van der Waals surface area (Å²) in [5, 5.41) is 8.60. The van der Waals surface area contributed by atoms with Crippen LogP contribution in [0.2, 0.25) is 0 Å². The quantitative estimate of drug-likeness (QED) is 0.742. The van der Waals surface area contributed by atoms with Crippen molar-refractivity contribution >= 4 is 11.6 Å². The highest BCUT2D eigenvalue weighted by Gasteiger charge is 2.31. The first-order valence-corrected chi connectivity index (χ1v) is 4.20. The van der Waals surface area contributed by atoms with Gasteiger partial charge in [0.1, 0.15) is 0 Å². The molecule has 1 rings (SSSR count). The predicted octanol–water partition coefficient (Wildman–Crippen LogP) is 2.59. The summed E-state index contributed by atoms with van der Waals surface area (Å²) in [6.45, 7) is 0. The van der Waals surface area contributed by atoms with Gasteiger partial charge in [0.15, 0.2) is 0 Å². The van der Waals surface area contributed by atoms with Crippen molar-refractivity contribution in [3.8, 4) is 11.9 Å². The second kappa shape index (κ2) is 4.36. The van der Waals surface area contributed by atoms with E-state index in [1.165, 1.54) is 0 Å². The Morgan fingerprint density at radius 2 is 2.20 bits per heavy atom. The Hall–Kier alpha value is -1.48. The molecule has 0 spiro atoms. The summed E-state index contributed by atoms with van der Waals surface area (Å²) < 4.78 is 38.9. The Bertz CT molecular complexity index is 400. The van der Waals surface area contributed by atoms with Crippen molar-refractivity contribution in [1.29, 1.82) is 5.26 Å². The van der Waals surface area contributed by atoms with Crippen molar-refractivity contribution in [2.45, 2.75) is 12.2 Å². The van der Waals surface area contributed by atoms with E-state index in [4.69, 9.17) is 16.9 Å². The molecule has 0 bridgehead atoms. The Morgan fingerprint density at radius 3 is 2.67 bits per heavy atom. The third kappa shape index (κ3) is 3.29. The normalized spacial score (nSPS) is 10.9. The van der Waals surface area contributed by atoms with Crippen LogP contribution < -0.4 is 4.74 Å². The summed E-state index contributed by atoms with van der Waals surface area (Å²) in [5.74, 6) is -0.671. The number of ether oxygens (including phenoxy) is 1. The smallest absolute Gasteiger partial charge is 0.388 e. The van der Waals surface area contributed by atoms with Gasteiger partial charge in [-0.05, 0) is 0 Å². The minimum Gasteiger partial charge on any atom is -0.388 e. The van der Waals surface area contributed by atoms with Crippen LogP contribution in [-0.4, -0.2) is 11.3 Å². The van der Waals surface area contributed by atoms with Crippen LogP contribution in [0.3, 0.4) is 0 Å². The Kier molecular flexibility index (Phi) is 3.37. The molecule has 0 aliphatic carbocycles. The van der Waals surface area contributed by atoms with Gasteiger partial charge in [-0.1, -0.05) is 0 Å². The molecule has 0 N–H and O–H groups in total. The molecule has 1 aromatic heterocycles. The molecule has 3 nitrogen and oxygen atoms in total. The van der Waals surface area contributed by atoms with Crippen molar-refractivity contribution < 1.29 is 17.9 Å². The van der Waals surface area contributed by atoms with Gasteiger partial charge in [-0.25, -0.2) is 4.98 Å². The molecule has 0 unspecified atom stereocenters. The lowest BCUT2D eigenvalue weighted by Gasteiger charge is -2.08. The maximum absolute atomic E-state index is 11.8. The van der Waals surface area contributed by atoms with Gasteiger partial charge in [0.05, 0.1) is 17.5 Å². The fourth-order valence-electron chi connectivity index (χ4n) is 0.849. The van der Waals surface area contributed by atoms with E-state index in [1.54, 1.807) is 6.07 Å². The molecule has 0 radical (unpaired) electrons. The van der Waals surface area contributed by atoms with Gasteiger partial charge in [0.25, 0.3) is 0 Å². The summed E-state index contributed by atoms with van der Waals surface area (Å²) in [7, 11) is 0. The SMILES string of the molecule is N#Cc1cc(OC(F)(F)F)ncc1CCl. The first-order chi connectivity index (χ1) is 6.96. The molecule has 0 atom stereocenters. The number of hydrogen-bond donors (Lipinski definition) is 0. The molecule has 1 heterocycles. The average molecular weight is 237 g/mol. The van der Waals surface area contributed by atoms with Gasteiger partial charge in [0.2, 0.25) is 5.88 Å². The third-order valence-corrected chi connectivity index (χ3v) is 1.73. The van der Waals surface area contributed by atoms with Crippen molar-refractivity contribution in [2.75, 3.05) is 0 Å². The van der Waals surface area contributed by atoms with E-state index in [2.05, 4.69) is 9.72 Å². The minimum absolute atomic E-state index is 0.00217. The summed E-state index contributed by atoms with van der Waals surface area (Å²) >= 11 is 5.44. The van der Waals surface area contributed by atoms with Crippen LogP contribution in [-0.2, 0) is 5.88 Å². The fraction of sp³-hybridized carbons (Fsp3) is 0.250. The van der Waals surface area contributed by atoms with Crippen LogP contribution in [0.15, 0.2) is 12.3 Å². The average Bonchev–Trinajstić information content (AvgIpc) is 2.15. The number of pyridine rings is 1. The number of nitriles is 1. The van der Waals surface area contributed by atoms with Crippen molar-refractivity contribution in [2.24, 2.45) is 0 Å². The Labute approximate surface area is 88.1 Å². The lowest BCUT2D eigenvalue weighted by Crippen LogP contribution is -2.18. The first kappa shape index (κ1) is 11.6. The number of rotatable bonds is 2. The zero-order chi connectivity index (χ0) is 11.5. The van der Waals surface area contributed by atoms with Gasteiger partial charge < -0.3 is 4.74 Å². The minimum atomic E-state index is -4.82. The highest BCUT2D eigenvalue weighted by molar-refractivity contribution is 6.17. The van der Waals surface area contributed by atoms with Crippen molar-refractivity contribution in [3.05, 3.63) is 23.4 Å². The Morgan fingerprint density at radius 1 is 1.53 bits per heavy atom. The van der Waals surface area contributed by atoms with E-state index in [1.807, 2.05) is 0 Å². The van der Waals surface area contributed by atoms with Gasteiger partial charge in [-0.2, -0.15) is 5.26 Å². The molecular weight excluding hydrogens is 233 g/mol. The molecule has 15 heavy (non-hydrogen) atoms. The molecule has 0 amide bonds. The monoisotopic (exact) mass is 236 g/mol. The zero-order valence-corrected chi connectivity index (χ0v) is 7.93. The van der Waals surface area contributed by atoms with Gasteiger partial charge in [-0.15, -0.1) is 24.8 Å². The standard InChI is InChI=1S/C8H4ClF3N2O/c9-2-6-4-14-7(1-5(6)3-13)15-8(10,11)12/h1,4H,2H2. The number of hydrogen-bond acceptors (Lipinski definition) is 3. The second-order valence-electron chi connectivity index (χ2n) is 2.47. The molecule has 0 aliphatic rings. The van der Waals surface area contributed by atoms with E-state index in [-0.39, 0.29) is 11.4 Å². The van der Waals surface area contributed by atoms with Crippen molar-refractivity contribution in [1.82, 2.24) is 4.98 Å². The number of halogens is 4. The van der Waals surface area contributed by atoms with Crippen LogP contribution in [0.1, 0.15) is 11.1 Å². The molecule has 0 saturated heterocycles. The highest BCUT2D eigenvalue weighted by Crippen LogP contribution is 2.22. The van der Waals surface area contributed by atoms with Gasteiger partial charge >= 0.3 is 6.36 Å². The fourth-order valence-corrected chi connectivity index (χ4v) is 1.06. The number of aromatic nitrogens is 1. The Balaban J connectivity index is 3.00. The summed E-state index contributed by atoms with van der Waals surface area (Å²) in [5.41, 5.74) is 0.368. The first-order valence-electron chi connectivity index (χ1n) is 3.67. The van der Waals surface area contributed by atoms with E-state index in [0.717, 1.165) is 12.3 Å². The topological polar surface area (TPSA) is 45.9 Å². The summed E-state index contributed by atoms with van der Waals surface area (Å²) in [4.78, 5) is 3.37. The molecule has 80 valence electrons. The highest BCUT2D eigenvalue weighted by atomic mass is 35.5. The summed E-state index contributed by atoms with van der Waals surface area (Å²) in [6, 6.07) is 2.59. The molecule has 0 aliphatic heterocycles. The predicted molar refractivity (Wildman–Crippen MR) is 45.2 cm³/mol. The van der Waals surface area contributed by atoms with Crippen LogP contribution in [0, 0.1) is 11.3 Å². The van der Waals surface area contributed by atoms with Crippen molar-refractivity contribution in [3.63, 3.8) is 0 Å². The molecule has 7 heteroatoms. The van der Waals surface area contributed by atoms with E-state index in [9.17, 15) is 13.2 Å². The maximum Gasteiger partial charge on any atom is 0.574 e. The zero-order valence-electron chi connectivity index (χ0n) is 7.18. The maximum atomic E-state index is 11.8. The lowest BCUT2D eigenvalue weighted by atomic mass is 10.2. The number of alkyl halides is 4. The molecule has 0 saturated carbocycles. The largest absolute Gasteiger partial charge is 0.574 e.